The van der Waals surface area contributed by atoms with Gasteiger partial charge in [0.05, 0.1) is 10.4 Å². The summed E-state index contributed by atoms with van der Waals surface area (Å²) in [6, 6.07) is 21.9. The van der Waals surface area contributed by atoms with Crippen molar-refractivity contribution in [3.63, 3.8) is 0 Å². The molecule has 0 amide bonds. The van der Waals surface area contributed by atoms with Crippen LogP contribution in [0, 0.1) is 6.07 Å². The molecule has 4 aromatic rings. The molecule has 0 saturated carbocycles. The molecule has 1 aliphatic heterocycles. The molecule has 3 nitrogen and oxygen atoms in total. The first-order valence-electron chi connectivity index (χ1n) is 8.65. The summed E-state index contributed by atoms with van der Waals surface area (Å²) in [7, 11) is -3.51. The second-order valence-electron chi connectivity index (χ2n) is 6.80. The van der Waals surface area contributed by atoms with Crippen molar-refractivity contribution < 1.29 is 28.5 Å². The summed E-state index contributed by atoms with van der Waals surface area (Å²) in [6.45, 7) is 0. The molecule has 1 aliphatic carbocycles. The van der Waals surface area contributed by atoms with Gasteiger partial charge in [-0.2, -0.15) is 0 Å². The standard InChI is InChI=1S/C23H12NO2S.Ir/c25-27(26)21-7-2-1-5-17(21)18-11-10-15(13-22(18)27)20-12-16-9-8-14-4-3-6-19(24-20)23(14)16;/h1-9,11-13H;/q-1;. The van der Waals surface area contributed by atoms with E-state index in [0.717, 1.165) is 33.3 Å². The van der Waals surface area contributed by atoms with Crippen LogP contribution in [0.15, 0.2) is 70.5 Å². The van der Waals surface area contributed by atoms with Gasteiger partial charge in [0, 0.05) is 25.5 Å². The molecule has 0 unspecified atom stereocenters. The average molecular weight is 559 g/mol. The number of sulfone groups is 1. The fraction of sp³-hybridized carbons (Fsp3) is 0. The number of rotatable bonds is 1. The van der Waals surface area contributed by atoms with Crippen LogP contribution in [-0.2, 0) is 29.9 Å². The minimum absolute atomic E-state index is 0. The maximum atomic E-state index is 13.0. The van der Waals surface area contributed by atoms with Gasteiger partial charge in [-0.1, -0.05) is 54.1 Å². The van der Waals surface area contributed by atoms with Gasteiger partial charge < -0.3 is 0 Å². The van der Waals surface area contributed by atoms with E-state index in [1.54, 1.807) is 24.3 Å². The largest absolute Gasteiger partial charge is 0.296 e. The molecule has 0 N–H and O–H groups in total. The van der Waals surface area contributed by atoms with Crippen molar-refractivity contribution >= 4 is 32.9 Å². The molecule has 0 fully saturated rings. The van der Waals surface area contributed by atoms with Crippen LogP contribution in [0.25, 0.3) is 45.4 Å². The minimum atomic E-state index is -3.51. The Labute approximate surface area is 176 Å². The van der Waals surface area contributed by atoms with Gasteiger partial charge in [-0.25, -0.2) is 8.42 Å². The first-order chi connectivity index (χ1) is 13.1. The van der Waals surface area contributed by atoms with E-state index in [1.807, 2.05) is 30.3 Å². The molecular formula is C23H12IrNO2S-. The molecule has 137 valence electrons. The van der Waals surface area contributed by atoms with E-state index in [2.05, 4.69) is 24.3 Å². The Hall–Kier alpha value is -2.59. The summed E-state index contributed by atoms with van der Waals surface area (Å²) in [4.78, 5) is 5.46. The topological polar surface area (TPSA) is 47.0 Å². The van der Waals surface area contributed by atoms with Crippen LogP contribution < -0.4 is 0 Å². The fourth-order valence-electron chi connectivity index (χ4n) is 4.03. The molecule has 2 aliphatic rings. The van der Waals surface area contributed by atoms with E-state index in [9.17, 15) is 8.42 Å². The van der Waals surface area contributed by atoms with E-state index in [4.69, 9.17) is 4.98 Å². The molecule has 0 atom stereocenters. The van der Waals surface area contributed by atoms with Crippen molar-refractivity contribution in [2.75, 3.05) is 0 Å². The second kappa shape index (κ2) is 5.95. The molecule has 0 spiro atoms. The zero-order valence-corrected chi connectivity index (χ0v) is 17.6. The summed E-state index contributed by atoms with van der Waals surface area (Å²) < 4.78 is 25.9. The first kappa shape index (κ1) is 17.5. The molecule has 1 aromatic heterocycles. The molecule has 3 aromatic carbocycles. The van der Waals surface area contributed by atoms with E-state index < -0.39 is 9.84 Å². The van der Waals surface area contributed by atoms with Crippen LogP contribution in [-0.4, -0.2) is 13.4 Å². The van der Waals surface area contributed by atoms with Crippen molar-refractivity contribution in [2.45, 2.75) is 9.79 Å². The van der Waals surface area contributed by atoms with Gasteiger partial charge in [-0.05, 0) is 39.4 Å². The Bertz CT molecular complexity index is 1440. The number of nitrogens with zero attached hydrogens (tertiary/aromatic N) is 1. The van der Waals surface area contributed by atoms with Crippen LogP contribution in [0.5, 0.6) is 0 Å². The number of pyridine rings is 1. The van der Waals surface area contributed by atoms with Gasteiger partial charge in [0.1, 0.15) is 0 Å². The SMILES string of the molecule is O=S1(=O)c2ccccc2-c2c[c-]c(-c3cc4c5c(cccc5n3)C=C4)cc21.[Ir]. The summed E-state index contributed by atoms with van der Waals surface area (Å²) in [5.41, 5.74) is 6.05. The summed E-state index contributed by atoms with van der Waals surface area (Å²) in [6.07, 6.45) is 4.15. The normalized spacial score (nSPS) is 14.6. The Balaban J connectivity index is 0.00000171. The summed E-state index contributed by atoms with van der Waals surface area (Å²) in [5, 5.41) is 1.14. The number of fused-ring (bicyclic) bond motifs is 3. The molecule has 0 bridgehead atoms. The second-order valence-corrected chi connectivity index (χ2v) is 8.68. The molecular weight excluding hydrogens is 547 g/mol. The fourth-order valence-corrected chi connectivity index (χ4v) is 5.72. The summed E-state index contributed by atoms with van der Waals surface area (Å²) >= 11 is 0. The number of hydrogen-bond acceptors (Lipinski definition) is 3. The molecule has 1 radical (unpaired) electrons. The van der Waals surface area contributed by atoms with E-state index >= 15 is 0 Å². The van der Waals surface area contributed by atoms with E-state index in [0.29, 0.717) is 20.9 Å². The van der Waals surface area contributed by atoms with Crippen molar-refractivity contribution in [1.29, 1.82) is 0 Å². The van der Waals surface area contributed by atoms with Crippen LogP contribution in [0.1, 0.15) is 11.1 Å². The first-order valence-corrected chi connectivity index (χ1v) is 10.1. The molecule has 5 heteroatoms. The van der Waals surface area contributed by atoms with Gasteiger partial charge in [-0.3, -0.25) is 4.98 Å². The zero-order valence-electron chi connectivity index (χ0n) is 14.4. The Morgan fingerprint density at radius 3 is 2.54 bits per heavy atom. The summed E-state index contributed by atoms with van der Waals surface area (Å²) in [5.74, 6) is 0. The Morgan fingerprint density at radius 2 is 1.64 bits per heavy atom. The van der Waals surface area contributed by atoms with E-state index in [-0.39, 0.29) is 20.1 Å². The number of hydrogen-bond donors (Lipinski definition) is 0. The maximum Gasteiger partial charge on any atom is 0.189 e. The van der Waals surface area contributed by atoms with E-state index in [1.165, 1.54) is 0 Å². The Morgan fingerprint density at radius 1 is 0.821 bits per heavy atom. The predicted octanol–water partition coefficient (Wildman–Crippen LogP) is 5.00. The molecule has 2 heterocycles. The van der Waals surface area contributed by atoms with Crippen LogP contribution >= 0.6 is 0 Å². The third kappa shape index (κ3) is 2.24. The Kier molecular flexibility index (Phi) is 3.72. The van der Waals surface area contributed by atoms with Gasteiger partial charge in [0.15, 0.2) is 9.84 Å². The van der Waals surface area contributed by atoms with Crippen LogP contribution in [0.2, 0.25) is 0 Å². The van der Waals surface area contributed by atoms with Gasteiger partial charge in [-0.15, -0.1) is 23.8 Å². The van der Waals surface area contributed by atoms with Crippen molar-refractivity contribution in [3.8, 4) is 22.4 Å². The molecule has 6 rings (SSSR count). The third-order valence-corrected chi connectivity index (χ3v) is 7.14. The quantitative estimate of drug-likeness (QED) is 0.267. The smallest absolute Gasteiger partial charge is 0.189 e. The van der Waals surface area contributed by atoms with Gasteiger partial charge >= 0.3 is 0 Å². The van der Waals surface area contributed by atoms with Crippen LogP contribution in [0.3, 0.4) is 0 Å². The van der Waals surface area contributed by atoms with Gasteiger partial charge in [0.25, 0.3) is 0 Å². The average Bonchev–Trinajstić information content (AvgIpc) is 3.21. The molecule has 28 heavy (non-hydrogen) atoms. The monoisotopic (exact) mass is 559 g/mol. The van der Waals surface area contributed by atoms with Crippen molar-refractivity contribution in [2.24, 2.45) is 0 Å². The number of aromatic nitrogens is 1. The number of benzene rings is 3. The van der Waals surface area contributed by atoms with Crippen molar-refractivity contribution in [1.82, 2.24) is 4.98 Å². The van der Waals surface area contributed by atoms with Crippen molar-refractivity contribution in [3.05, 3.63) is 77.9 Å². The van der Waals surface area contributed by atoms with Crippen LogP contribution in [0.4, 0.5) is 0 Å². The predicted molar refractivity (Wildman–Crippen MR) is 106 cm³/mol. The molecule has 0 saturated heterocycles. The zero-order chi connectivity index (χ0) is 18.2. The van der Waals surface area contributed by atoms with Gasteiger partial charge in [0.2, 0.25) is 0 Å². The minimum Gasteiger partial charge on any atom is -0.296 e. The third-order valence-electron chi connectivity index (χ3n) is 5.28. The maximum absolute atomic E-state index is 13.0.